The molecule has 2 heterocycles. The molecule has 0 bridgehead atoms. The molecule has 1 N–H and O–H groups in total. The molecule has 108 valence electrons. The normalized spacial score (nSPS) is 10.8. The molecule has 0 aromatic carbocycles. The zero-order valence-corrected chi connectivity index (χ0v) is 12.7. The third kappa shape index (κ3) is 5.00. The van der Waals surface area contributed by atoms with Crippen molar-refractivity contribution in [3.05, 3.63) is 34.9 Å². The second-order valence-electron chi connectivity index (χ2n) is 4.41. The van der Waals surface area contributed by atoms with Gasteiger partial charge in [0.2, 0.25) is 0 Å². The van der Waals surface area contributed by atoms with Gasteiger partial charge in [-0.1, -0.05) is 0 Å². The van der Waals surface area contributed by atoms with E-state index in [-0.39, 0.29) is 0 Å². The van der Waals surface area contributed by atoms with Crippen LogP contribution in [-0.4, -0.2) is 36.3 Å². The molecule has 0 amide bonds. The van der Waals surface area contributed by atoms with Crippen molar-refractivity contribution in [1.82, 2.24) is 15.3 Å². The zero-order chi connectivity index (χ0) is 14.0. The van der Waals surface area contributed by atoms with Crippen molar-refractivity contribution >= 4 is 11.3 Å². The van der Waals surface area contributed by atoms with Crippen molar-refractivity contribution in [2.75, 3.05) is 26.3 Å². The summed E-state index contributed by atoms with van der Waals surface area (Å²) in [6, 6.07) is 3.98. The van der Waals surface area contributed by atoms with E-state index in [4.69, 9.17) is 4.74 Å². The zero-order valence-electron chi connectivity index (χ0n) is 11.8. The average molecular weight is 291 g/mol. The third-order valence-electron chi connectivity index (χ3n) is 2.89. The van der Waals surface area contributed by atoms with Gasteiger partial charge in [-0.05, 0) is 32.0 Å². The van der Waals surface area contributed by atoms with Crippen LogP contribution in [0.5, 0.6) is 0 Å². The second-order valence-corrected chi connectivity index (χ2v) is 5.36. The van der Waals surface area contributed by atoms with Crippen molar-refractivity contribution in [2.24, 2.45) is 0 Å². The number of nitrogens with zero attached hydrogens (tertiary/aromatic N) is 2. The number of hydrogen-bond acceptors (Lipinski definition) is 5. The van der Waals surface area contributed by atoms with Gasteiger partial charge < -0.3 is 10.1 Å². The molecular weight excluding hydrogens is 270 g/mol. The molecule has 0 saturated heterocycles. The van der Waals surface area contributed by atoms with Gasteiger partial charge in [-0.2, -0.15) is 0 Å². The summed E-state index contributed by atoms with van der Waals surface area (Å²) < 4.78 is 5.30. The summed E-state index contributed by atoms with van der Waals surface area (Å²) in [5.41, 5.74) is 2.18. The first-order valence-corrected chi connectivity index (χ1v) is 7.91. The fraction of sp³-hybridized carbons (Fsp3) is 0.467. The number of rotatable bonds is 9. The summed E-state index contributed by atoms with van der Waals surface area (Å²) >= 11 is 1.72. The molecule has 2 aromatic heterocycles. The molecule has 4 nitrogen and oxygen atoms in total. The number of thiazole rings is 1. The predicted molar refractivity (Wildman–Crippen MR) is 83.0 cm³/mol. The fourth-order valence-corrected chi connectivity index (χ4v) is 2.65. The monoisotopic (exact) mass is 291 g/mol. The quantitative estimate of drug-likeness (QED) is 0.722. The summed E-state index contributed by atoms with van der Waals surface area (Å²) in [6.45, 7) is 5.64. The lowest BCUT2D eigenvalue weighted by Gasteiger charge is -2.03. The number of pyridine rings is 1. The first-order chi connectivity index (χ1) is 9.90. The predicted octanol–water partition coefficient (Wildman–Crippen LogP) is 2.76. The first kappa shape index (κ1) is 15.1. The van der Waals surface area contributed by atoms with Crippen LogP contribution in [-0.2, 0) is 11.2 Å². The Hall–Kier alpha value is -1.30. The highest BCUT2D eigenvalue weighted by atomic mass is 32.1. The van der Waals surface area contributed by atoms with Crippen LogP contribution < -0.4 is 5.32 Å². The van der Waals surface area contributed by atoms with Gasteiger partial charge in [-0.15, -0.1) is 11.3 Å². The van der Waals surface area contributed by atoms with Crippen molar-refractivity contribution in [1.29, 1.82) is 0 Å². The molecule has 20 heavy (non-hydrogen) atoms. The van der Waals surface area contributed by atoms with Crippen molar-refractivity contribution in [3.63, 3.8) is 0 Å². The van der Waals surface area contributed by atoms with Gasteiger partial charge in [0.15, 0.2) is 0 Å². The van der Waals surface area contributed by atoms with Crippen molar-refractivity contribution in [2.45, 2.75) is 19.8 Å². The smallest absolute Gasteiger partial charge is 0.0945 e. The molecule has 0 unspecified atom stereocenters. The molecule has 5 heteroatoms. The number of ether oxygens (including phenoxy) is 1. The van der Waals surface area contributed by atoms with E-state index in [0.29, 0.717) is 0 Å². The maximum absolute atomic E-state index is 5.30. The molecule has 2 rings (SSSR count). The Labute approximate surface area is 124 Å². The highest BCUT2D eigenvalue weighted by molar-refractivity contribution is 7.09. The summed E-state index contributed by atoms with van der Waals surface area (Å²) in [4.78, 5) is 8.68. The van der Waals surface area contributed by atoms with Gasteiger partial charge in [0.05, 0.1) is 10.7 Å². The van der Waals surface area contributed by atoms with Crippen molar-refractivity contribution < 1.29 is 4.74 Å². The number of aromatic nitrogens is 2. The summed E-state index contributed by atoms with van der Waals surface area (Å²) in [6.07, 6.45) is 5.64. The Bertz CT molecular complexity index is 487. The molecule has 0 radical (unpaired) electrons. The lowest BCUT2D eigenvalue weighted by atomic mass is 10.2. The fourth-order valence-electron chi connectivity index (χ4n) is 1.84. The van der Waals surface area contributed by atoms with Crippen LogP contribution in [0.4, 0.5) is 0 Å². The van der Waals surface area contributed by atoms with Gasteiger partial charge in [-0.25, -0.2) is 4.98 Å². The Morgan fingerprint density at radius 1 is 1.25 bits per heavy atom. The summed E-state index contributed by atoms with van der Waals surface area (Å²) in [5.74, 6) is 0. The van der Waals surface area contributed by atoms with Gasteiger partial charge in [0.25, 0.3) is 0 Å². The Balaban J connectivity index is 1.69. The lowest BCUT2D eigenvalue weighted by Crippen LogP contribution is -2.19. The number of hydrogen-bond donors (Lipinski definition) is 1. The molecule has 0 spiro atoms. The molecule has 0 saturated carbocycles. The highest BCUT2D eigenvalue weighted by Gasteiger charge is 2.03. The molecule has 0 aliphatic heterocycles. The first-order valence-electron chi connectivity index (χ1n) is 7.03. The van der Waals surface area contributed by atoms with Gasteiger partial charge in [0.1, 0.15) is 0 Å². The van der Waals surface area contributed by atoms with E-state index in [9.17, 15) is 0 Å². The topological polar surface area (TPSA) is 47.0 Å². The van der Waals surface area contributed by atoms with Crippen LogP contribution >= 0.6 is 11.3 Å². The molecule has 0 atom stereocenters. The molecular formula is C15H21N3OS. The molecule has 2 aromatic rings. The average Bonchev–Trinajstić information content (AvgIpc) is 2.96. The minimum absolute atomic E-state index is 0.802. The maximum Gasteiger partial charge on any atom is 0.0945 e. The van der Waals surface area contributed by atoms with Gasteiger partial charge >= 0.3 is 0 Å². The van der Waals surface area contributed by atoms with E-state index in [2.05, 4.69) is 20.7 Å². The summed E-state index contributed by atoms with van der Waals surface area (Å²) in [7, 11) is 0. The lowest BCUT2D eigenvalue weighted by molar-refractivity contribution is 0.145. The maximum atomic E-state index is 5.30. The minimum atomic E-state index is 0.802. The van der Waals surface area contributed by atoms with E-state index in [1.807, 2.05) is 19.1 Å². The van der Waals surface area contributed by atoms with Crippen LogP contribution in [0.3, 0.4) is 0 Å². The van der Waals surface area contributed by atoms with E-state index in [1.165, 1.54) is 5.01 Å². The van der Waals surface area contributed by atoms with E-state index in [1.54, 1.807) is 23.7 Å². The third-order valence-corrected chi connectivity index (χ3v) is 3.80. The van der Waals surface area contributed by atoms with Gasteiger partial charge in [0, 0.05) is 49.5 Å². The Morgan fingerprint density at radius 3 is 2.90 bits per heavy atom. The Morgan fingerprint density at radius 2 is 2.10 bits per heavy atom. The minimum Gasteiger partial charge on any atom is -0.382 e. The van der Waals surface area contributed by atoms with Crippen LogP contribution in [0, 0.1) is 0 Å². The summed E-state index contributed by atoms with van der Waals surface area (Å²) in [5, 5.41) is 6.70. The molecule has 0 aliphatic rings. The molecule has 0 fully saturated rings. The van der Waals surface area contributed by atoms with E-state index in [0.717, 1.165) is 50.4 Å². The van der Waals surface area contributed by atoms with E-state index >= 15 is 0 Å². The SMILES string of the molecule is CCOCCCNCCc1nc(-c2ccncc2)cs1. The standard InChI is InChI=1S/C15H21N3OS/c1-2-19-11-3-7-16-10-6-15-18-14(12-20-15)13-4-8-17-9-5-13/h4-5,8-9,12,16H,2-3,6-7,10-11H2,1H3. The number of nitrogens with one attached hydrogen (secondary N) is 1. The van der Waals surface area contributed by atoms with Crippen molar-refractivity contribution in [3.8, 4) is 11.3 Å². The highest BCUT2D eigenvalue weighted by Crippen LogP contribution is 2.21. The van der Waals surface area contributed by atoms with Gasteiger partial charge in [-0.3, -0.25) is 4.98 Å². The largest absolute Gasteiger partial charge is 0.382 e. The van der Waals surface area contributed by atoms with Crippen LogP contribution in [0.1, 0.15) is 18.4 Å². The van der Waals surface area contributed by atoms with Crippen LogP contribution in [0.15, 0.2) is 29.9 Å². The second kappa shape index (κ2) is 8.79. The van der Waals surface area contributed by atoms with Crippen LogP contribution in [0.2, 0.25) is 0 Å². The molecule has 0 aliphatic carbocycles. The van der Waals surface area contributed by atoms with Crippen LogP contribution in [0.25, 0.3) is 11.3 Å². The van der Waals surface area contributed by atoms with E-state index < -0.39 is 0 Å². The Kier molecular flexibility index (Phi) is 6.63.